The number of carbonyl (C=O) groups is 1. The quantitative estimate of drug-likeness (QED) is 0.852. The molecule has 5 nitrogen and oxygen atoms in total. The van der Waals surface area contributed by atoms with Crippen LogP contribution in [0.25, 0.3) is 5.69 Å². The maximum atomic E-state index is 13.1. The summed E-state index contributed by atoms with van der Waals surface area (Å²) in [6.07, 6.45) is 2.81. The highest BCUT2D eigenvalue weighted by atomic mass is 19.1. The summed E-state index contributed by atoms with van der Waals surface area (Å²) in [5.41, 5.74) is 0.995. The van der Waals surface area contributed by atoms with Gasteiger partial charge >= 0.3 is 0 Å². The fraction of sp³-hybridized carbons (Fsp3) is 0.474. The highest BCUT2D eigenvalue weighted by molar-refractivity contribution is 5.95. The minimum atomic E-state index is -0.312. The highest BCUT2D eigenvalue weighted by Crippen LogP contribution is 2.26. The van der Waals surface area contributed by atoms with Gasteiger partial charge in [0.1, 0.15) is 5.82 Å². The third-order valence-corrected chi connectivity index (χ3v) is 4.43. The Morgan fingerprint density at radius 1 is 1.24 bits per heavy atom. The van der Waals surface area contributed by atoms with Crippen molar-refractivity contribution >= 4 is 5.91 Å². The lowest BCUT2D eigenvalue weighted by atomic mass is 9.92. The van der Waals surface area contributed by atoms with Crippen molar-refractivity contribution in [3.05, 3.63) is 42.0 Å². The van der Waals surface area contributed by atoms with E-state index in [0.717, 1.165) is 19.5 Å². The van der Waals surface area contributed by atoms with Gasteiger partial charge in [0.05, 0.1) is 18.5 Å². The highest BCUT2D eigenvalue weighted by Gasteiger charge is 2.30. The summed E-state index contributed by atoms with van der Waals surface area (Å²) in [6.45, 7) is 8.11. The first-order valence-corrected chi connectivity index (χ1v) is 8.75. The number of nitrogens with zero attached hydrogens (tertiary/aromatic N) is 3. The van der Waals surface area contributed by atoms with E-state index in [2.05, 4.69) is 18.9 Å². The molecule has 3 rings (SSSR count). The van der Waals surface area contributed by atoms with E-state index >= 15 is 0 Å². The molecule has 6 heteroatoms. The lowest BCUT2D eigenvalue weighted by molar-refractivity contribution is 0.0612. The average molecular weight is 345 g/mol. The number of hydrogen-bond acceptors (Lipinski definition) is 3. The topological polar surface area (TPSA) is 47.4 Å². The SMILES string of the molecule is CCOc1cn(-c2ccc(F)cc2)nc1C(=O)N1C[C@H](C)C[C@H](C)C1. The van der Waals surface area contributed by atoms with E-state index in [4.69, 9.17) is 4.74 Å². The third kappa shape index (κ3) is 3.83. The third-order valence-electron chi connectivity index (χ3n) is 4.43. The summed E-state index contributed by atoms with van der Waals surface area (Å²) in [7, 11) is 0. The Kier molecular flexibility index (Phi) is 5.06. The van der Waals surface area contributed by atoms with E-state index in [1.807, 2.05) is 11.8 Å². The molecule has 1 amide bonds. The standard InChI is InChI=1S/C19H24FN3O2/c1-4-25-17-12-23(16-7-5-15(20)6-8-16)21-18(17)19(24)22-10-13(2)9-14(3)11-22/h5-8,12-14H,4,9-11H2,1-3H3/t13-,14+. The summed E-state index contributed by atoms with van der Waals surface area (Å²) in [5, 5.41) is 4.43. The molecule has 0 N–H and O–H groups in total. The maximum absolute atomic E-state index is 13.1. The molecule has 1 aromatic heterocycles. The molecule has 134 valence electrons. The zero-order valence-corrected chi connectivity index (χ0v) is 14.9. The first kappa shape index (κ1) is 17.5. The van der Waals surface area contributed by atoms with Gasteiger partial charge < -0.3 is 9.64 Å². The van der Waals surface area contributed by atoms with E-state index in [-0.39, 0.29) is 11.7 Å². The summed E-state index contributed by atoms with van der Waals surface area (Å²) >= 11 is 0. The van der Waals surface area contributed by atoms with Gasteiger partial charge in [0.2, 0.25) is 0 Å². The summed E-state index contributed by atoms with van der Waals surface area (Å²) in [5.74, 6) is 0.990. The van der Waals surface area contributed by atoms with Crippen molar-refractivity contribution in [2.75, 3.05) is 19.7 Å². The molecule has 1 aromatic carbocycles. The van der Waals surface area contributed by atoms with Gasteiger partial charge in [-0.05, 0) is 49.4 Å². The van der Waals surface area contributed by atoms with Crippen molar-refractivity contribution in [3.8, 4) is 11.4 Å². The Hall–Kier alpha value is -2.37. The molecule has 25 heavy (non-hydrogen) atoms. The Balaban J connectivity index is 1.91. The molecule has 0 unspecified atom stereocenters. The van der Waals surface area contributed by atoms with Gasteiger partial charge in [-0.3, -0.25) is 4.79 Å². The van der Waals surface area contributed by atoms with Gasteiger partial charge in [0, 0.05) is 13.1 Å². The van der Waals surface area contributed by atoms with Crippen LogP contribution in [0, 0.1) is 17.7 Å². The number of carbonyl (C=O) groups excluding carboxylic acids is 1. The average Bonchev–Trinajstić information content (AvgIpc) is 2.98. The Morgan fingerprint density at radius 2 is 1.88 bits per heavy atom. The number of halogens is 1. The van der Waals surface area contributed by atoms with Crippen LogP contribution in [0.1, 0.15) is 37.7 Å². The van der Waals surface area contributed by atoms with Crippen LogP contribution in [0.15, 0.2) is 30.5 Å². The normalized spacial score (nSPS) is 20.6. The number of amides is 1. The van der Waals surface area contributed by atoms with Crippen molar-refractivity contribution in [2.45, 2.75) is 27.2 Å². The van der Waals surface area contributed by atoms with E-state index in [1.54, 1.807) is 23.0 Å². The molecule has 0 bridgehead atoms. The number of ether oxygens (including phenoxy) is 1. The maximum Gasteiger partial charge on any atom is 0.278 e. The van der Waals surface area contributed by atoms with E-state index < -0.39 is 0 Å². The molecule has 1 fully saturated rings. The van der Waals surface area contributed by atoms with Crippen LogP contribution in [-0.4, -0.2) is 40.3 Å². The summed E-state index contributed by atoms with van der Waals surface area (Å²) in [4.78, 5) is 14.9. The fourth-order valence-electron chi connectivity index (χ4n) is 3.47. The molecule has 1 aliphatic rings. The van der Waals surface area contributed by atoms with Crippen molar-refractivity contribution in [2.24, 2.45) is 11.8 Å². The van der Waals surface area contributed by atoms with Gasteiger partial charge in [0.25, 0.3) is 5.91 Å². The second-order valence-electron chi connectivity index (χ2n) is 6.85. The van der Waals surface area contributed by atoms with Crippen LogP contribution in [0.2, 0.25) is 0 Å². The minimum absolute atomic E-state index is 0.109. The van der Waals surface area contributed by atoms with Crippen molar-refractivity contribution < 1.29 is 13.9 Å². The molecule has 0 saturated carbocycles. The fourth-order valence-corrected chi connectivity index (χ4v) is 3.47. The van der Waals surface area contributed by atoms with Gasteiger partial charge in [-0.15, -0.1) is 0 Å². The first-order chi connectivity index (χ1) is 12.0. The van der Waals surface area contributed by atoms with E-state index in [9.17, 15) is 9.18 Å². The van der Waals surface area contributed by atoms with Crippen molar-refractivity contribution in [3.63, 3.8) is 0 Å². The van der Waals surface area contributed by atoms with Crippen LogP contribution in [0.3, 0.4) is 0 Å². The smallest absolute Gasteiger partial charge is 0.278 e. The predicted octanol–water partition coefficient (Wildman–Crippen LogP) is 3.53. The number of rotatable bonds is 4. The molecule has 1 aliphatic heterocycles. The molecule has 2 heterocycles. The largest absolute Gasteiger partial charge is 0.490 e. The molecule has 2 atom stereocenters. The van der Waals surface area contributed by atoms with Crippen LogP contribution >= 0.6 is 0 Å². The van der Waals surface area contributed by atoms with Crippen LogP contribution in [-0.2, 0) is 0 Å². The van der Waals surface area contributed by atoms with Crippen LogP contribution in [0.4, 0.5) is 4.39 Å². The van der Waals surface area contributed by atoms with Gasteiger partial charge in [-0.1, -0.05) is 13.8 Å². The number of aromatic nitrogens is 2. The van der Waals surface area contributed by atoms with Crippen molar-refractivity contribution in [1.29, 1.82) is 0 Å². The van der Waals surface area contributed by atoms with E-state index in [0.29, 0.717) is 35.6 Å². The van der Waals surface area contributed by atoms with Gasteiger partial charge in [-0.2, -0.15) is 5.10 Å². The lowest BCUT2D eigenvalue weighted by Crippen LogP contribution is -2.42. The van der Waals surface area contributed by atoms with E-state index in [1.165, 1.54) is 12.1 Å². The Morgan fingerprint density at radius 3 is 2.48 bits per heavy atom. The second kappa shape index (κ2) is 7.25. The molecule has 0 aliphatic carbocycles. The zero-order chi connectivity index (χ0) is 18.0. The zero-order valence-electron chi connectivity index (χ0n) is 14.9. The van der Waals surface area contributed by atoms with Gasteiger partial charge in [0.15, 0.2) is 11.4 Å². The predicted molar refractivity (Wildman–Crippen MR) is 93.5 cm³/mol. The minimum Gasteiger partial charge on any atom is -0.490 e. The summed E-state index contributed by atoms with van der Waals surface area (Å²) < 4.78 is 20.3. The van der Waals surface area contributed by atoms with Gasteiger partial charge in [-0.25, -0.2) is 9.07 Å². The Labute approximate surface area is 147 Å². The lowest BCUT2D eigenvalue weighted by Gasteiger charge is -2.34. The number of piperidine rings is 1. The molecule has 1 saturated heterocycles. The monoisotopic (exact) mass is 345 g/mol. The molecule has 2 aromatic rings. The first-order valence-electron chi connectivity index (χ1n) is 8.75. The molecule has 0 spiro atoms. The Bertz CT molecular complexity index is 732. The number of hydrogen-bond donors (Lipinski definition) is 0. The molecular weight excluding hydrogens is 321 g/mol. The van der Waals surface area contributed by atoms with Crippen LogP contribution in [0.5, 0.6) is 5.75 Å². The van der Waals surface area contributed by atoms with Crippen LogP contribution < -0.4 is 4.74 Å². The number of likely N-dealkylation sites (tertiary alicyclic amines) is 1. The second-order valence-corrected chi connectivity index (χ2v) is 6.85. The summed E-state index contributed by atoms with van der Waals surface area (Å²) in [6, 6.07) is 5.98. The van der Waals surface area contributed by atoms with Crippen molar-refractivity contribution in [1.82, 2.24) is 14.7 Å². The molecule has 0 radical (unpaired) electrons. The number of benzene rings is 1. The molecular formula is C19H24FN3O2.